The summed E-state index contributed by atoms with van der Waals surface area (Å²) >= 11 is 0. The number of non-ortho nitro benzene ring substituents is 1. The molecule has 0 radical (unpaired) electrons. The topological polar surface area (TPSA) is 88.0 Å². The van der Waals surface area contributed by atoms with E-state index in [1.807, 2.05) is 4.90 Å². The first-order chi connectivity index (χ1) is 14.4. The van der Waals surface area contributed by atoms with Crippen molar-refractivity contribution in [1.29, 1.82) is 0 Å². The molecule has 0 aliphatic carbocycles. The summed E-state index contributed by atoms with van der Waals surface area (Å²) in [7, 11) is 0. The molecule has 3 rings (SSSR count). The Hall–Kier alpha value is -2.19. The van der Waals surface area contributed by atoms with E-state index in [1.165, 1.54) is 12.1 Å². The summed E-state index contributed by atoms with van der Waals surface area (Å²) in [5.41, 5.74) is 0.914. The Kier molecular flexibility index (Phi) is 8.04. The van der Waals surface area contributed by atoms with E-state index < -0.39 is 4.92 Å². The van der Waals surface area contributed by atoms with Crippen LogP contribution in [0.3, 0.4) is 0 Å². The third-order valence-electron chi connectivity index (χ3n) is 5.95. The third kappa shape index (κ3) is 6.67. The van der Waals surface area contributed by atoms with Crippen molar-refractivity contribution in [3.05, 3.63) is 34.4 Å². The Balaban J connectivity index is 1.31. The van der Waals surface area contributed by atoms with Crippen LogP contribution in [-0.2, 0) is 9.53 Å². The predicted octanol–water partition coefficient (Wildman–Crippen LogP) is 3.13. The number of morpholine rings is 1. The molecule has 2 heterocycles. The maximum absolute atomic E-state index is 12.5. The molecule has 1 N–H and O–H groups in total. The fourth-order valence-electron chi connectivity index (χ4n) is 4.50. The number of nitrogens with one attached hydrogen (secondary N) is 1. The van der Waals surface area contributed by atoms with Crippen LogP contribution >= 0.6 is 0 Å². The molecule has 0 spiro atoms. The molecule has 30 heavy (non-hydrogen) atoms. The molecule has 2 fully saturated rings. The molecule has 0 bridgehead atoms. The minimum atomic E-state index is -0.409. The molecule has 2 unspecified atom stereocenters. The summed E-state index contributed by atoms with van der Waals surface area (Å²) in [5, 5.41) is 13.9. The smallest absolute Gasteiger partial charge is 0.269 e. The van der Waals surface area contributed by atoms with E-state index in [2.05, 4.69) is 24.1 Å². The van der Waals surface area contributed by atoms with Crippen molar-refractivity contribution < 1.29 is 14.5 Å². The molecule has 1 aromatic rings. The highest BCUT2D eigenvalue weighted by Crippen LogP contribution is 2.22. The number of rotatable bonds is 8. The van der Waals surface area contributed by atoms with Crippen LogP contribution in [0.15, 0.2) is 24.3 Å². The van der Waals surface area contributed by atoms with Gasteiger partial charge in [-0.1, -0.05) is 0 Å². The number of piperidine rings is 1. The second-order valence-corrected chi connectivity index (χ2v) is 8.63. The van der Waals surface area contributed by atoms with Gasteiger partial charge in [0, 0.05) is 63.5 Å². The zero-order valence-electron chi connectivity index (χ0n) is 18.1. The van der Waals surface area contributed by atoms with Gasteiger partial charge in [-0.25, -0.2) is 0 Å². The summed E-state index contributed by atoms with van der Waals surface area (Å²) < 4.78 is 5.82. The number of hydrogen-bond donors (Lipinski definition) is 1. The number of carbonyl (C=O) groups excluding carboxylic acids is 1. The van der Waals surface area contributed by atoms with Gasteiger partial charge in [0.15, 0.2) is 0 Å². The number of ether oxygens (including phenoxy) is 1. The van der Waals surface area contributed by atoms with Crippen molar-refractivity contribution in [3.8, 4) is 0 Å². The van der Waals surface area contributed by atoms with Crippen LogP contribution in [0.5, 0.6) is 0 Å². The summed E-state index contributed by atoms with van der Waals surface area (Å²) in [4.78, 5) is 27.3. The highest BCUT2D eigenvalue weighted by molar-refractivity contribution is 5.76. The van der Waals surface area contributed by atoms with Crippen molar-refractivity contribution in [3.63, 3.8) is 0 Å². The average Bonchev–Trinajstić information content (AvgIpc) is 2.71. The second-order valence-electron chi connectivity index (χ2n) is 8.63. The molecule has 2 saturated heterocycles. The number of nitro benzene ring substituents is 1. The van der Waals surface area contributed by atoms with Crippen LogP contribution in [0.25, 0.3) is 0 Å². The summed E-state index contributed by atoms with van der Waals surface area (Å²) in [6.07, 6.45) is 4.03. The van der Waals surface area contributed by atoms with E-state index in [0.717, 1.165) is 57.7 Å². The van der Waals surface area contributed by atoms with Gasteiger partial charge < -0.3 is 15.0 Å². The largest absolute Gasteiger partial charge is 0.385 e. The Bertz CT molecular complexity index is 694. The number of nitro groups is 1. The molecule has 166 valence electrons. The van der Waals surface area contributed by atoms with Crippen LogP contribution in [-0.4, -0.2) is 72.1 Å². The van der Waals surface area contributed by atoms with Crippen LogP contribution in [0.4, 0.5) is 11.4 Å². The van der Waals surface area contributed by atoms with Gasteiger partial charge in [-0.3, -0.25) is 19.8 Å². The summed E-state index contributed by atoms with van der Waals surface area (Å²) in [6, 6.07) is 6.35. The zero-order valence-corrected chi connectivity index (χ0v) is 18.1. The van der Waals surface area contributed by atoms with E-state index >= 15 is 0 Å². The van der Waals surface area contributed by atoms with Gasteiger partial charge in [0.05, 0.1) is 17.1 Å². The van der Waals surface area contributed by atoms with Gasteiger partial charge in [-0.05, 0) is 51.2 Å². The van der Waals surface area contributed by atoms with Crippen molar-refractivity contribution >= 4 is 17.3 Å². The number of anilines is 1. The second kappa shape index (κ2) is 10.7. The maximum atomic E-state index is 12.5. The maximum Gasteiger partial charge on any atom is 0.269 e. The molecule has 2 aliphatic rings. The van der Waals surface area contributed by atoms with Gasteiger partial charge in [-0.15, -0.1) is 0 Å². The minimum Gasteiger partial charge on any atom is -0.385 e. The SMILES string of the molecule is CC1CN(CC2CCN(C(=O)CCCNc3ccc([N+](=O)[O-])cc3)CC2)CC(C)O1. The van der Waals surface area contributed by atoms with E-state index in [4.69, 9.17) is 4.74 Å². The number of benzene rings is 1. The standard InChI is InChI=1S/C22H34N4O4/c1-17-14-24(15-18(2)30-17)16-19-9-12-25(13-10-19)22(27)4-3-11-23-20-5-7-21(8-6-20)26(28)29/h5-8,17-19,23H,3-4,9-16H2,1-2H3. The Labute approximate surface area is 178 Å². The summed E-state index contributed by atoms with van der Waals surface area (Å²) in [6.45, 7) is 9.79. The third-order valence-corrected chi connectivity index (χ3v) is 5.95. The van der Waals surface area contributed by atoms with Gasteiger partial charge in [0.2, 0.25) is 5.91 Å². The quantitative estimate of drug-likeness (QED) is 0.396. The van der Waals surface area contributed by atoms with Crippen molar-refractivity contribution in [1.82, 2.24) is 9.80 Å². The fraction of sp³-hybridized carbons (Fsp3) is 0.682. The Morgan fingerprint density at radius 1 is 1.17 bits per heavy atom. The first-order valence-electron chi connectivity index (χ1n) is 11.0. The molecule has 8 heteroatoms. The van der Waals surface area contributed by atoms with Crippen LogP contribution < -0.4 is 5.32 Å². The van der Waals surface area contributed by atoms with Crippen molar-refractivity contribution in [2.45, 2.75) is 51.7 Å². The van der Waals surface area contributed by atoms with Crippen LogP contribution in [0, 0.1) is 16.0 Å². The first kappa shape index (κ1) is 22.5. The lowest BCUT2D eigenvalue weighted by atomic mass is 9.95. The lowest BCUT2D eigenvalue weighted by molar-refractivity contribution is -0.384. The number of likely N-dealkylation sites (tertiary alicyclic amines) is 1. The van der Waals surface area contributed by atoms with Gasteiger partial charge in [-0.2, -0.15) is 0 Å². The number of carbonyl (C=O) groups is 1. The molecule has 2 atom stereocenters. The fourth-order valence-corrected chi connectivity index (χ4v) is 4.50. The lowest BCUT2D eigenvalue weighted by Gasteiger charge is -2.39. The van der Waals surface area contributed by atoms with Gasteiger partial charge in [0.1, 0.15) is 0 Å². The molecular formula is C22H34N4O4. The van der Waals surface area contributed by atoms with E-state index in [9.17, 15) is 14.9 Å². The van der Waals surface area contributed by atoms with Crippen LogP contribution in [0.2, 0.25) is 0 Å². The van der Waals surface area contributed by atoms with Gasteiger partial charge in [0.25, 0.3) is 5.69 Å². The number of amides is 1. The molecule has 2 aliphatic heterocycles. The van der Waals surface area contributed by atoms with Crippen molar-refractivity contribution in [2.24, 2.45) is 5.92 Å². The average molecular weight is 419 g/mol. The molecule has 0 aromatic heterocycles. The van der Waals surface area contributed by atoms with E-state index in [-0.39, 0.29) is 11.6 Å². The monoisotopic (exact) mass is 418 g/mol. The lowest BCUT2D eigenvalue weighted by Crippen LogP contribution is -2.48. The molecular weight excluding hydrogens is 384 g/mol. The molecule has 0 saturated carbocycles. The molecule has 8 nitrogen and oxygen atoms in total. The normalized spacial score (nSPS) is 23.3. The molecule has 1 aromatic carbocycles. The number of nitrogens with zero attached hydrogens (tertiary/aromatic N) is 3. The highest BCUT2D eigenvalue weighted by Gasteiger charge is 2.27. The number of hydrogen-bond acceptors (Lipinski definition) is 6. The van der Waals surface area contributed by atoms with Gasteiger partial charge >= 0.3 is 0 Å². The van der Waals surface area contributed by atoms with Crippen molar-refractivity contribution in [2.75, 3.05) is 44.6 Å². The highest BCUT2D eigenvalue weighted by atomic mass is 16.6. The molecule has 1 amide bonds. The Morgan fingerprint density at radius 2 is 1.80 bits per heavy atom. The van der Waals surface area contributed by atoms with Crippen LogP contribution in [0.1, 0.15) is 39.5 Å². The minimum absolute atomic E-state index is 0.0803. The Morgan fingerprint density at radius 3 is 2.40 bits per heavy atom. The van der Waals surface area contributed by atoms with E-state index in [1.54, 1.807) is 12.1 Å². The predicted molar refractivity (Wildman–Crippen MR) is 117 cm³/mol. The zero-order chi connectivity index (χ0) is 21.5. The first-order valence-corrected chi connectivity index (χ1v) is 11.0. The summed E-state index contributed by atoms with van der Waals surface area (Å²) in [5.74, 6) is 0.892. The van der Waals surface area contributed by atoms with E-state index in [0.29, 0.717) is 31.1 Å².